The maximum atomic E-state index is 12.6. The predicted octanol–water partition coefficient (Wildman–Crippen LogP) is 4.58. The third-order valence-corrected chi connectivity index (χ3v) is 4.32. The Hall–Kier alpha value is -3.20. The monoisotopic (exact) mass is 326 g/mol. The molecule has 3 heteroatoms. The molecule has 0 unspecified atom stereocenters. The summed E-state index contributed by atoms with van der Waals surface area (Å²) in [6, 6.07) is 25.4. The Balaban J connectivity index is 1.56. The minimum Gasteiger partial charge on any atom is -0.342 e. The van der Waals surface area contributed by atoms with Crippen LogP contribution in [0.3, 0.4) is 0 Å². The molecule has 0 fully saturated rings. The molecule has 0 aliphatic heterocycles. The smallest absolute Gasteiger partial charge is 0.193 e. The molecule has 25 heavy (non-hydrogen) atoms. The van der Waals surface area contributed by atoms with E-state index in [1.807, 2.05) is 54.6 Å². The van der Waals surface area contributed by atoms with Gasteiger partial charge in [0.25, 0.3) is 0 Å². The van der Waals surface area contributed by atoms with Gasteiger partial charge in [0.05, 0.1) is 11.0 Å². The Morgan fingerprint density at radius 1 is 0.800 bits per heavy atom. The van der Waals surface area contributed by atoms with Crippen LogP contribution in [0.25, 0.3) is 11.0 Å². The fraction of sp³-hybridized carbons (Fsp3) is 0.0909. The van der Waals surface area contributed by atoms with Gasteiger partial charge in [-0.2, -0.15) is 0 Å². The molecular formula is C22H18N2O. The number of ketones is 1. The highest BCUT2D eigenvalue weighted by molar-refractivity contribution is 6.10. The van der Waals surface area contributed by atoms with Crippen LogP contribution in [0.1, 0.15) is 27.3 Å². The molecule has 122 valence electrons. The van der Waals surface area contributed by atoms with Gasteiger partial charge in [-0.3, -0.25) is 4.79 Å². The fourth-order valence-electron chi connectivity index (χ4n) is 2.99. The zero-order valence-corrected chi connectivity index (χ0v) is 13.8. The third kappa shape index (κ3) is 3.36. The summed E-state index contributed by atoms with van der Waals surface area (Å²) < 4.78 is 0. The Kier molecular flexibility index (Phi) is 4.13. The van der Waals surface area contributed by atoms with E-state index in [1.165, 1.54) is 5.56 Å². The Morgan fingerprint density at radius 3 is 2.28 bits per heavy atom. The SMILES string of the molecule is O=C(c1ccccc1)c1ccc2nc(CCc3ccccc3)[nH]c2c1. The van der Waals surface area contributed by atoms with Crippen molar-refractivity contribution in [3.8, 4) is 0 Å². The Bertz CT molecular complexity index is 1000. The second-order valence-electron chi connectivity index (χ2n) is 6.10. The molecule has 1 heterocycles. The summed E-state index contributed by atoms with van der Waals surface area (Å²) in [5.74, 6) is 0.978. The first kappa shape index (κ1) is 15.3. The molecule has 3 aromatic carbocycles. The van der Waals surface area contributed by atoms with Crippen LogP contribution < -0.4 is 0 Å². The minimum absolute atomic E-state index is 0.0305. The number of hydrogen-bond donors (Lipinski definition) is 1. The molecule has 0 aliphatic carbocycles. The van der Waals surface area contributed by atoms with E-state index >= 15 is 0 Å². The first-order chi connectivity index (χ1) is 12.3. The number of benzene rings is 3. The number of hydrogen-bond acceptors (Lipinski definition) is 2. The number of fused-ring (bicyclic) bond motifs is 1. The Morgan fingerprint density at radius 2 is 1.52 bits per heavy atom. The number of aryl methyl sites for hydroxylation is 2. The van der Waals surface area contributed by atoms with Crippen molar-refractivity contribution in [2.45, 2.75) is 12.8 Å². The standard InChI is InChI=1S/C22H18N2O/c25-22(17-9-5-2-6-10-17)18-12-13-19-20(15-18)24-21(23-19)14-11-16-7-3-1-4-8-16/h1-10,12-13,15H,11,14H2,(H,23,24). The van der Waals surface area contributed by atoms with Crippen molar-refractivity contribution in [3.05, 3.63) is 101 Å². The largest absolute Gasteiger partial charge is 0.342 e. The summed E-state index contributed by atoms with van der Waals surface area (Å²) in [4.78, 5) is 20.6. The Labute approximate surface area is 146 Å². The summed E-state index contributed by atoms with van der Waals surface area (Å²) in [6.45, 7) is 0. The number of aromatic nitrogens is 2. The molecule has 0 aliphatic rings. The maximum absolute atomic E-state index is 12.6. The third-order valence-electron chi connectivity index (χ3n) is 4.32. The normalized spacial score (nSPS) is 10.9. The lowest BCUT2D eigenvalue weighted by Crippen LogP contribution is -2.00. The van der Waals surface area contributed by atoms with Crippen LogP contribution in [-0.4, -0.2) is 15.8 Å². The molecule has 4 rings (SSSR count). The number of nitrogens with one attached hydrogen (secondary N) is 1. The number of aromatic amines is 1. The average Bonchev–Trinajstić information content (AvgIpc) is 3.09. The lowest BCUT2D eigenvalue weighted by Gasteiger charge is -2.00. The highest BCUT2D eigenvalue weighted by Gasteiger charge is 2.11. The molecule has 0 saturated heterocycles. The van der Waals surface area contributed by atoms with E-state index in [0.717, 1.165) is 29.7 Å². The van der Waals surface area contributed by atoms with E-state index in [1.54, 1.807) is 0 Å². The van der Waals surface area contributed by atoms with E-state index in [-0.39, 0.29) is 5.78 Å². The molecule has 0 radical (unpaired) electrons. The van der Waals surface area contributed by atoms with Crippen molar-refractivity contribution in [1.29, 1.82) is 0 Å². The topological polar surface area (TPSA) is 45.8 Å². The lowest BCUT2D eigenvalue weighted by atomic mass is 10.0. The van der Waals surface area contributed by atoms with Crippen molar-refractivity contribution >= 4 is 16.8 Å². The number of H-pyrrole nitrogens is 1. The van der Waals surface area contributed by atoms with Gasteiger partial charge in [0.1, 0.15) is 5.82 Å². The van der Waals surface area contributed by atoms with Crippen LogP contribution in [0.15, 0.2) is 78.9 Å². The van der Waals surface area contributed by atoms with Crippen LogP contribution in [-0.2, 0) is 12.8 Å². The zero-order valence-electron chi connectivity index (χ0n) is 13.8. The van der Waals surface area contributed by atoms with Gasteiger partial charge in [-0.1, -0.05) is 60.7 Å². The van der Waals surface area contributed by atoms with E-state index in [9.17, 15) is 4.79 Å². The maximum Gasteiger partial charge on any atom is 0.193 e. The number of nitrogens with zero attached hydrogens (tertiary/aromatic N) is 1. The molecule has 0 atom stereocenters. The molecule has 3 nitrogen and oxygen atoms in total. The van der Waals surface area contributed by atoms with Gasteiger partial charge in [-0.15, -0.1) is 0 Å². The first-order valence-corrected chi connectivity index (χ1v) is 8.42. The summed E-state index contributed by atoms with van der Waals surface area (Å²) in [5.41, 5.74) is 4.48. The van der Waals surface area contributed by atoms with Crippen LogP contribution in [0.2, 0.25) is 0 Å². The van der Waals surface area contributed by atoms with Crippen LogP contribution in [0, 0.1) is 0 Å². The molecular weight excluding hydrogens is 308 g/mol. The summed E-state index contributed by atoms with van der Waals surface area (Å²) in [7, 11) is 0. The van der Waals surface area contributed by atoms with Gasteiger partial charge in [0, 0.05) is 17.5 Å². The van der Waals surface area contributed by atoms with Crippen molar-refractivity contribution in [2.24, 2.45) is 0 Å². The molecule has 0 spiro atoms. The van der Waals surface area contributed by atoms with Gasteiger partial charge in [-0.25, -0.2) is 4.98 Å². The molecule has 4 aromatic rings. The van der Waals surface area contributed by atoms with Gasteiger partial charge in [0.2, 0.25) is 0 Å². The molecule has 1 N–H and O–H groups in total. The highest BCUT2D eigenvalue weighted by atomic mass is 16.1. The molecule has 0 bridgehead atoms. The van der Waals surface area contributed by atoms with Gasteiger partial charge >= 0.3 is 0 Å². The molecule has 0 amide bonds. The van der Waals surface area contributed by atoms with E-state index < -0.39 is 0 Å². The number of carbonyl (C=O) groups excluding carboxylic acids is 1. The van der Waals surface area contributed by atoms with E-state index in [0.29, 0.717) is 11.1 Å². The average molecular weight is 326 g/mol. The van der Waals surface area contributed by atoms with Crippen molar-refractivity contribution in [1.82, 2.24) is 9.97 Å². The minimum atomic E-state index is 0.0305. The summed E-state index contributed by atoms with van der Waals surface area (Å²) >= 11 is 0. The quantitative estimate of drug-likeness (QED) is 0.546. The van der Waals surface area contributed by atoms with E-state index in [4.69, 9.17) is 0 Å². The molecule has 1 aromatic heterocycles. The van der Waals surface area contributed by atoms with Gasteiger partial charge < -0.3 is 4.98 Å². The number of rotatable bonds is 5. The van der Waals surface area contributed by atoms with E-state index in [2.05, 4.69) is 34.2 Å². The fourth-order valence-corrected chi connectivity index (χ4v) is 2.99. The first-order valence-electron chi connectivity index (χ1n) is 8.42. The predicted molar refractivity (Wildman–Crippen MR) is 99.8 cm³/mol. The van der Waals surface area contributed by atoms with Crippen LogP contribution >= 0.6 is 0 Å². The summed E-state index contributed by atoms with van der Waals surface area (Å²) in [5, 5.41) is 0. The van der Waals surface area contributed by atoms with Crippen molar-refractivity contribution < 1.29 is 4.79 Å². The second kappa shape index (κ2) is 6.73. The van der Waals surface area contributed by atoms with Crippen LogP contribution in [0.4, 0.5) is 0 Å². The lowest BCUT2D eigenvalue weighted by molar-refractivity contribution is 0.103. The zero-order chi connectivity index (χ0) is 17.1. The van der Waals surface area contributed by atoms with Crippen LogP contribution in [0.5, 0.6) is 0 Å². The van der Waals surface area contributed by atoms with Gasteiger partial charge in [-0.05, 0) is 30.2 Å². The van der Waals surface area contributed by atoms with Crippen molar-refractivity contribution in [3.63, 3.8) is 0 Å². The van der Waals surface area contributed by atoms with Gasteiger partial charge in [0.15, 0.2) is 5.78 Å². The summed E-state index contributed by atoms with van der Waals surface area (Å²) in [6.07, 6.45) is 1.79. The number of imidazole rings is 1. The molecule has 0 saturated carbocycles. The highest BCUT2D eigenvalue weighted by Crippen LogP contribution is 2.17. The second-order valence-corrected chi connectivity index (χ2v) is 6.10. The number of carbonyl (C=O) groups is 1. The van der Waals surface area contributed by atoms with Crippen molar-refractivity contribution in [2.75, 3.05) is 0 Å².